The molecule has 0 saturated carbocycles. The van der Waals surface area contributed by atoms with Gasteiger partial charge in [0.15, 0.2) is 0 Å². The second-order valence-corrected chi connectivity index (χ2v) is 3.55. The van der Waals surface area contributed by atoms with Gasteiger partial charge in [0.25, 0.3) is 0 Å². The minimum atomic E-state index is -0.526. The van der Waals surface area contributed by atoms with Crippen molar-refractivity contribution in [1.82, 2.24) is 0 Å². The Hall–Kier alpha value is -0.900. The number of ether oxygens (including phenoxy) is 1. The van der Waals surface area contributed by atoms with E-state index in [1.54, 1.807) is 0 Å². The molecule has 0 amide bonds. The van der Waals surface area contributed by atoms with Crippen molar-refractivity contribution in [3.05, 3.63) is 35.9 Å². The lowest BCUT2D eigenvalue weighted by atomic mass is 10.1. The first-order valence-corrected chi connectivity index (χ1v) is 5.32. The van der Waals surface area contributed by atoms with Crippen LogP contribution in [0.2, 0.25) is 0 Å². The average molecular weight is 209 g/mol. The Morgan fingerprint density at radius 1 is 1.27 bits per heavy atom. The van der Waals surface area contributed by atoms with Crippen LogP contribution < -0.4 is 5.73 Å². The molecule has 0 aliphatic rings. The molecule has 1 aromatic carbocycles. The number of aliphatic hydroxyl groups is 1. The molecule has 0 bridgehead atoms. The van der Waals surface area contributed by atoms with Gasteiger partial charge < -0.3 is 15.6 Å². The molecule has 0 heterocycles. The van der Waals surface area contributed by atoms with Crippen LogP contribution in [0.3, 0.4) is 0 Å². The normalized spacial score (nSPS) is 12.7. The van der Waals surface area contributed by atoms with E-state index in [2.05, 4.69) is 12.1 Å². The summed E-state index contributed by atoms with van der Waals surface area (Å²) in [5.74, 6) is 0. The Balaban J connectivity index is 2.03. The highest BCUT2D eigenvalue weighted by molar-refractivity contribution is 5.14. The number of benzene rings is 1. The van der Waals surface area contributed by atoms with Gasteiger partial charge in [-0.1, -0.05) is 30.3 Å². The van der Waals surface area contributed by atoms with E-state index in [-0.39, 0.29) is 6.54 Å². The van der Waals surface area contributed by atoms with Crippen LogP contribution in [0, 0.1) is 0 Å². The van der Waals surface area contributed by atoms with Crippen LogP contribution in [-0.2, 0) is 11.2 Å². The number of nitrogens with two attached hydrogens (primary N) is 1. The van der Waals surface area contributed by atoms with Crippen LogP contribution in [0.4, 0.5) is 0 Å². The summed E-state index contributed by atoms with van der Waals surface area (Å²) in [5, 5.41) is 9.12. The largest absolute Gasteiger partial charge is 0.389 e. The van der Waals surface area contributed by atoms with Crippen molar-refractivity contribution in [2.24, 2.45) is 5.73 Å². The van der Waals surface area contributed by atoms with Gasteiger partial charge in [-0.15, -0.1) is 0 Å². The Labute approximate surface area is 90.9 Å². The van der Waals surface area contributed by atoms with Gasteiger partial charge in [-0.3, -0.25) is 0 Å². The van der Waals surface area contributed by atoms with Crippen molar-refractivity contribution >= 4 is 0 Å². The molecule has 15 heavy (non-hydrogen) atoms. The van der Waals surface area contributed by atoms with Crippen molar-refractivity contribution in [2.45, 2.75) is 18.9 Å². The van der Waals surface area contributed by atoms with Crippen LogP contribution in [0.25, 0.3) is 0 Å². The molecule has 3 nitrogen and oxygen atoms in total. The smallest absolute Gasteiger partial charge is 0.0895 e. The standard InChI is InChI=1S/C12H19NO2/c13-9-12(14)10-15-8-4-7-11-5-2-1-3-6-11/h1-3,5-6,12,14H,4,7-10,13H2. The molecule has 0 fully saturated rings. The number of aryl methyl sites for hydroxylation is 1. The van der Waals surface area contributed by atoms with Crippen molar-refractivity contribution < 1.29 is 9.84 Å². The fourth-order valence-corrected chi connectivity index (χ4v) is 1.31. The fraction of sp³-hybridized carbons (Fsp3) is 0.500. The van der Waals surface area contributed by atoms with Crippen molar-refractivity contribution in [1.29, 1.82) is 0 Å². The van der Waals surface area contributed by atoms with E-state index in [1.165, 1.54) is 5.56 Å². The van der Waals surface area contributed by atoms with E-state index in [0.717, 1.165) is 12.8 Å². The molecule has 1 aromatic rings. The van der Waals surface area contributed by atoms with Gasteiger partial charge in [0, 0.05) is 13.2 Å². The number of aliphatic hydroxyl groups excluding tert-OH is 1. The summed E-state index contributed by atoms with van der Waals surface area (Å²) in [6.45, 7) is 1.27. The summed E-state index contributed by atoms with van der Waals surface area (Å²) in [6.07, 6.45) is 1.46. The van der Waals surface area contributed by atoms with Gasteiger partial charge in [0.05, 0.1) is 12.7 Å². The van der Waals surface area contributed by atoms with E-state index in [0.29, 0.717) is 13.2 Å². The molecule has 0 aromatic heterocycles. The molecule has 0 aliphatic carbocycles. The number of hydrogen-bond donors (Lipinski definition) is 2. The lowest BCUT2D eigenvalue weighted by Crippen LogP contribution is -2.25. The Bertz CT molecular complexity index is 251. The maximum Gasteiger partial charge on any atom is 0.0895 e. The van der Waals surface area contributed by atoms with Gasteiger partial charge in [0.1, 0.15) is 0 Å². The first kappa shape index (κ1) is 12.2. The second-order valence-electron chi connectivity index (χ2n) is 3.55. The van der Waals surface area contributed by atoms with Gasteiger partial charge in [-0.05, 0) is 18.4 Å². The summed E-state index contributed by atoms with van der Waals surface area (Å²) in [5.41, 5.74) is 6.57. The molecule has 0 spiro atoms. The van der Waals surface area contributed by atoms with Crippen LogP contribution in [0.5, 0.6) is 0 Å². The van der Waals surface area contributed by atoms with Gasteiger partial charge in [0.2, 0.25) is 0 Å². The second kappa shape index (κ2) is 7.40. The lowest BCUT2D eigenvalue weighted by molar-refractivity contribution is 0.0404. The van der Waals surface area contributed by atoms with Gasteiger partial charge >= 0.3 is 0 Å². The predicted molar refractivity (Wildman–Crippen MR) is 60.6 cm³/mol. The molecule has 0 aliphatic heterocycles. The molecule has 0 saturated heterocycles. The topological polar surface area (TPSA) is 55.5 Å². The molecule has 3 heteroatoms. The summed E-state index contributed by atoms with van der Waals surface area (Å²) >= 11 is 0. The first-order valence-electron chi connectivity index (χ1n) is 5.32. The maximum atomic E-state index is 9.12. The third kappa shape index (κ3) is 5.52. The molecule has 1 atom stereocenters. The highest BCUT2D eigenvalue weighted by Gasteiger charge is 1.99. The minimum absolute atomic E-state index is 0.263. The number of rotatable bonds is 7. The Kier molecular flexibility index (Phi) is 6.00. The summed E-state index contributed by atoms with van der Waals surface area (Å²) < 4.78 is 5.28. The molecular weight excluding hydrogens is 190 g/mol. The number of hydrogen-bond acceptors (Lipinski definition) is 3. The van der Waals surface area contributed by atoms with Crippen LogP contribution in [-0.4, -0.2) is 31.0 Å². The summed E-state index contributed by atoms with van der Waals surface area (Å²) in [4.78, 5) is 0. The van der Waals surface area contributed by atoms with Gasteiger partial charge in [-0.25, -0.2) is 0 Å². The van der Waals surface area contributed by atoms with Crippen molar-refractivity contribution in [3.63, 3.8) is 0 Å². The van der Waals surface area contributed by atoms with Crippen molar-refractivity contribution in [3.8, 4) is 0 Å². The van der Waals surface area contributed by atoms with E-state index in [4.69, 9.17) is 15.6 Å². The summed E-state index contributed by atoms with van der Waals surface area (Å²) in [6, 6.07) is 10.3. The SMILES string of the molecule is NCC(O)COCCCc1ccccc1. The Morgan fingerprint density at radius 2 is 2.00 bits per heavy atom. The van der Waals surface area contributed by atoms with Gasteiger partial charge in [-0.2, -0.15) is 0 Å². The highest BCUT2D eigenvalue weighted by atomic mass is 16.5. The van der Waals surface area contributed by atoms with Crippen LogP contribution >= 0.6 is 0 Å². The lowest BCUT2D eigenvalue weighted by Gasteiger charge is -2.08. The first-order chi connectivity index (χ1) is 7.33. The fourth-order valence-electron chi connectivity index (χ4n) is 1.31. The summed E-state index contributed by atoms with van der Waals surface area (Å²) in [7, 11) is 0. The molecular formula is C12H19NO2. The quantitative estimate of drug-likeness (QED) is 0.657. The molecule has 1 unspecified atom stereocenters. The zero-order chi connectivity index (χ0) is 10.9. The molecule has 1 rings (SSSR count). The molecule has 0 radical (unpaired) electrons. The minimum Gasteiger partial charge on any atom is -0.389 e. The predicted octanol–water partition coefficient (Wildman–Crippen LogP) is 0.955. The van der Waals surface area contributed by atoms with Crippen molar-refractivity contribution in [2.75, 3.05) is 19.8 Å². The average Bonchev–Trinajstić information content (AvgIpc) is 2.29. The third-order valence-electron chi connectivity index (χ3n) is 2.18. The maximum absolute atomic E-state index is 9.12. The van der Waals surface area contributed by atoms with E-state index in [1.807, 2.05) is 18.2 Å². The van der Waals surface area contributed by atoms with E-state index >= 15 is 0 Å². The molecule has 84 valence electrons. The van der Waals surface area contributed by atoms with E-state index in [9.17, 15) is 0 Å². The van der Waals surface area contributed by atoms with E-state index < -0.39 is 6.10 Å². The Morgan fingerprint density at radius 3 is 2.67 bits per heavy atom. The zero-order valence-corrected chi connectivity index (χ0v) is 8.93. The molecule has 3 N–H and O–H groups in total. The monoisotopic (exact) mass is 209 g/mol. The zero-order valence-electron chi connectivity index (χ0n) is 8.93. The highest BCUT2D eigenvalue weighted by Crippen LogP contribution is 2.02. The van der Waals surface area contributed by atoms with Crippen LogP contribution in [0.15, 0.2) is 30.3 Å². The third-order valence-corrected chi connectivity index (χ3v) is 2.18. The van der Waals surface area contributed by atoms with Crippen LogP contribution in [0.1, 0.15) is 12.0 Å².